The lowest BCUT2D eigenvalue weighted by Gasteiger charge is -2.17. The van der Waals surface area contributed by atoms with Gasteiger partial charge in [0, 0.05) is 11.8 Å². The van der Waals surface area contributed by atoms with Gasteiger partial charge in [0.25, 0.3) is 0 Å². The molecule has 6 rings (SSSR count). The van der Waals surface area contributed by atoms with E-state index in [2.05, 4.69) is 5.32 Å². The molecule has 1 N–H and O–H groups in total. The molecule has 32 heavy (non-hydrogen) atoms. The fourth-order valence-corrected chi connectivity index (χ4v) is 5.56. The number of hydrogen-bond donors (Lipinski definition) is 1. The van der Waals surface area contributed by atoms with E-state index in [9.17, 15) is 14.4 Å². The Balaban J connectivity index is 1.31. The number of allylic oxidation sites excluding steroid dienone is 2. The van der Waals surface area contributed by atoms with Gasteiger partial charge < -0.3 is 5.32 Å². The number of anilines is 1. The Hall–Kier alpha value is -3.74. The van der Waals surface area contributed by atoms with Crippen LogP contribution in [0.15, 0.2) is 60.8 Å². The molecule has 3 aliphatic rings. The Kier molecular flexibility index (Phi) is 4.08. The van der Waals surface area contributed by atoms with E-state index in [1.165, 1.54) is 0 Å². The van der Waals surface area contributed by atoms with Crippen molar-refractivity contribution in [2.24, 2.45) is 23.7 Å². The van der Waals surface area contributed by atoms with Gasteiger partial charge in [-0.15, -0.1) is 0 Å². The van der Waals surface area contributed by atoms with Crippen molar-refractivity contribution in [2.45, 2.75) is 13.3 Å². The number of aryl methyl sites for hydroxylation is 1. The number of imidazole rings is 1. The lowest BCUT2D eigenvalue weighted by atomic mass is 9.85. The molecule has 3 aromatic rings. The minimum Gasteiger partial charge on any atom is -0.308 e. The van der Waals surface area contributed by atoms with E-state index in [0.717, 1.165) is 28.1 Å². The molecule has 1 saturated heterocycles. The topological polar surface area (TPSA) is 83.8 Å². The second-order valence-electron chi connectivity index (χ2n) is 8.87. The van der Waals surface area contributed by atoms with E-state index in [1.807, 2.05) is 72.1 Å². The fourth-order valence-electron chi connectivity index (χ4n) is 5.56. The molecular formula is C25H22N4O3. The summed E-state index contributed by atoms with van der Waals surface area (Å²) in [5, 5.41) is 2.93. The van der Waals surface area contributed by atoms with Gasteiger partial charge in [-0.2, -0.15) is 0 Å². The van der Waals surface area contributed by atoms with Gasteiger partial charge in [0.1, 0.15) is 23.7 Å². The number of nitrogens with zero attached hydrogens (tertiary/aromatic N) is 3. The maximum absolute atomic E-state index is 13.1. The van der Waals surface area contributed by atoms with Gasteiger partial charge in [-0.1, -0.05) is 48.6 Å². The van der Waals surface area contributed by atoms with Crippen LogP contribution in [-0.4, -0.2) is 38.6 Å². The Morgan fingerprint density at radius 3 is 2.41 bits per heavy atom. The summed E-state index contributed by atoms with van der Waals surface area (Å²) in [6.07, 6.45) is 6.81. The molecule has 2 aliphatic carbocycles. The van der Waals surface area contributed by atoms with Crippen LogP contribution in [0.1, 0.15) is 12.0 Å². The number of rotatable bonds is 4. The molecular weight excluding hydrogens is 404 g/mol. The van der Waals surface area contributed by atoms with Crippen molar-refractivity contribution in [1.29, 1.82) is 0 Å². The summed E-state index contributed by atoms with van der Waals surface area (Å²) in [6.45, 7) is 1.68. The van der Waals surface area contributed by atoms with E-state index in [1.54, 1.807) is 0 Å². The molecule has 4 unspecified atom stereocenters. The molecule has 1 aliphatic heterocycles. The summed E-state index contributed by atoms with van der Waals surface area (Å²) >= 11 is 0. The molecule has 7 heteroatoms. The van der Waals surface area contributed by atoms with Crippen LogP contribution in [0.5, 0.6) is 0 Å². The highest BCUT2D eigenvalue weighted by Crippen LogP contribution is 2.52. The lowest BCUT2D eigenvalue weighted by Crippen LogP contribution is -2.39. The number of imide groups is 1. The molecule has 2 fully saturated rings. The van der Waals surface area contributed by atoms with Crippen LogP contribution >= 0.6 is 0 Å². The molecule has 2 bridgehead atoms. The number of carbonyl (C=O) groups is 3. The molecule has 2 aromatic heterocycles. The molecule has 160 valence electrons. The van der Waals surface area contributed by atoms with Gasteiger partial charge in [-0.05, 0) is 36.8 Å². The summed E-state index contributed by atoms with van der Waals surface area (Å²) in [6, 6.07) is 13.5. The zero-order valence-corrected chi connectivity index (χ0v) is 17.6. The molecule has 4 atom stereocenters. The number of aromatic nitrogens is 2. The summed E-state index contributed by atoms with van der Waals surface area (Å²) < 4.78 is 1.84. The average molecular weight is 426 g/mol. The third-order valence-electron chi connectivity index (χ3n) is 7.01. The molecule has 0 spiro atoms. The quantitative estimate of drug-likeness (QED) is 0.513. The second-order valence-corrected chi connectivity index (χ2v) is 8.87. The lowest BCUT2D eigenvalue weighted by molar-refractivity contribution is -0.143. The Morgan fingerprint density at radius 2 is 1.72 bits per heavy atom. The minimum atomic E-state index is -0.410. The van der Waals surface area contributed by atoms with Crippen LogP contribution < -0.4 is 5.32 Å². The van der Waals surface area contributed by atoms with Crippen LogP contribution in [0.25, 0.3) is 16.9 Å². The van der Waals surface area contributed by atoms with Gasteiger partial charge in [0.15, 0.2) is 0 Å². The maximum atomic E-state index is 13.1. The van der Waals surface area contributed by atoms with E-state index >= 15 is 0 Å². The fraction of sp³-hybridized carbons (Fsp3) is 0.280. The van der Waals surface area contributed by atoms with E-state index in [-0.39, 0.29) is 42.0 Å². The number of nitrogens with one attached hydrogen (secondary N) is 1. The number of carbonyl (C=O) groups excluding carboxylic acids is 3. The third kappa shape index (κ3) is 2.67. The number of pyridine rings is 1. The van der Waals surface area contributed by atoms with E-state index < -0.39 is 5.91 Å². The predicted molar refractivity (Wildman–Crippen MR) is 118 cm³/mol. The van der Waals surface area contributed by atoms with Gasteiger partial charge >= 0.3 is 0 Å². The van der Waals surface area contributed by atoms with E-state index in [4.69, 9.17) is 4.98 Å². The predicted octanol–water partition coefficient (Wildman–Crippen LogP) is 3.06. The first kappa shape index (κ1) is 19.0. The van der Waals surface area contributed by atoms with Crippen molar-refractivity contribution in [3.05, 3.63) is 66.4 Å². The second kappa shape index (κ2) is 6.88. The number of likely N-dealkylation sites (tertiary alicyclic amines) is 1. The largest absolute Gasteiger partial charge is 0.308 e. The average Bonchev–Trinajstić information content (AvgIpc) is 3.55. The third-order valence-corrected chi connectivity index (χ3v) is 7.01. The summed E-state index contributed by atoms with van der Waals surface area (Å²) in [5.74, 6) is -0.670. The normalized spacial score (nSPS) is 25.7. The Morgan fingerprint density at radius 1 is 1.03 bits per heavy atom. The van der Waals surface area contributed by atoms with Crippen molar-refractivity contribution in [3.8, 4) is 11.3 Å². The smallest absolute Gasteiger partial charge is 0.245 e. The maximum Gasteiger partial charge on any atom is 0.245 e. The molecule has 3 heterocycles. The summed E-state index contributed by atoms with van der Waals surface area (Å²) in [7, 11) is 0. The molecule has 1 saturated carbocycles. The van der Waals surface area contributed by atoms with Gasteiger partial charge in [-0.3, -0.25) is 23.7 Å². The van der Waals surface area contributed by atoms with Crippen LogP contribution in [0, 0.1) is 30.6 Å². The van der Waals surface area contributed by atoms with Crippen LogP contribution in [-0.2, 0) is 14.4 Å². The van der Waals surface area contributed by atoms with Crippen molar-refractivity contribution in [2.75, 3.05) is 11.9 Å². The minimum absolute atomic E-state index is 0.126. The zero-order valence-electron chi connectivity index (χ0n) is 17.6. The van der Waals surface area contributed by atoms with Gasteiger partial charge in [0.05, 0.1) is 11.8 Å². The first-order valence-electron chi connectivity index (χ1n) is 10.9. The molecule has 7 nitrogen and oxygen atoms in total. The number of fused-ring (bicyclic) bond motifs is 6. The van der Waals surface area contributed by atoms with Crippen LogP contribution in [0.3, 0.4) is 0 Å². The first-order chi connectivity index (χ1) is 15.5. The SMILES string of the molecule is Cc1cccn2c(NC(=O)CN3C(=O)C4C5C=CC(C5)C4C3=O)c(-c3ccccc3)nc12. The number of amides is 3. The first-order valence-corrected chi connectivity index (χ1v) is 10.9. The van der Waals surface area contributed by atoms with E-state index in [0.29, 0.717) is 11.5 Å². The van der Waals surface area contributed by atoms with Crippen LogP contribution in [0.2, 0.25) is 0 Å². The zero-order chi connectivity index (χ0) is 22.0. The van der Waals surface area contributed by atoms with Crippen molar-refractivity contribution < 1.29 is 14.4 Å². The highest BCUT2D eigenvalue weighted by Gasteiger charge is 2.59. The molecule has 0 radical (unpaired) electrons. The van der Waals surface area contributed by atoms with Crippen molar-refractivity contribution in [1.82, 2.24) is 14.3 Å². The summed E-state index contributed by atoms with van der Waals surface area (Å²) in [4.78, 5) is 44.9. The standard InChI is InChI=1S/C25H22N4O3/c1-14-6-5-11-28-22(14)27-21(15-7-3-2-4-8-15)23(28)26-18(30)13-29-24(31)19-16-9-10-17(12-16)20(19)25(29)32/h2-11,16-17,19-20H,12-13H2,1H3,(H,26,30). The van der Waals surface area contributed by atoms with Gasteiger partial charge in [0.2, 0.25) is 17.7 Å². The molecule has 1 aromatic carbocycles. The van der Waals surface area contributed by atoms with Crippen LogP contribution in [0.4, 0.5) is 5.82 Å². The molecule has 3 amide bonds. The van der Waals surface area contributed by atoms with Crippen molar-refractivity contribution >= 4 is 29.2 Å². The highest BCUT2D eigenvalue weighted by atomic mass is 16.2. The van der Waals surface area contributed by atoms with Crippen molar-refractivity contribution in [3.63, 3.8) is 0 Å². The van der Waals surface area contributed by atoms with Gasteiger partial charge in [-0.25, -0.2) is 4.98 Å². The number of benzene rings is 1. The summed E-state index contributed by atoms with van der Waals surface area (Å²) in [5.41, 5.74) is 3.24. The Labute approximate surface area is 184 Å². The Bertz CT molecular complexity index is 1280. The number of hydrogen-bond acceptors (Lipinski definition) is 4. The highest BCUT2D eigenvalue weighted by molar-refractivity contribution is 6.10. The monoisotopic (exact) mass is 426 g/mol.